The van der Waals surface area contributed by atoms with Crippen LogP contribution in [0.1, 0.15) is 30.7 Å². The van der Waals surface area contributed by atoms with Gasteiger partial charge in [-0.05, 0) is 30.9 Å². The van der Waals surface area contributed by atoms with Crippen LogP contribution in [0.3, 0.4) is 0 Å². The van der Waals surface area contributed by atoms with Crippen LogP contribution in [0.5, 0.6) is 6.01 Å². The van der Waals surface area contributed by atoms with E-state index in [1.54, 1.807) is 12.4 Å². The van der Waals surface area contributed by atoms with Crippen LogP contribution in [0.25, 0.3) is 0 Å². The van der Waals surface area contributed by atoms with Crippen LogP contribution in [0.15, 0.2) is 12.4 Å². The molecule has 0 saturated carbocycles. The predicted molar refractivity (Wildman–Crippen MR) is 66.2 cm³/mol. The number of aromatic nitrogens is 2. The first-order chi connectivity index (χ1) is 8.71. The molecule has 0 aliphatic carbocycles. The number of esters is 1. The fourth-order valence-corrected chi connectivity index (χ4v) is 1.68. The lowest BCUT2D eigenvalue weighted by Gasteiger charge is -2.15. The number of rotatable bonds is 7. The first-order valence-corrected chi connectivity index (χ1v) is 5.84. The zero-order chi connectivity index (χ0) is 13.4. The van der Waals surface area contributed by atoms with Crippen molar-refractivity contribution in [2.75, 3.05) is 20.8 Å². The minimum Gasteiger partial charge on any atom is -0.469 e. The lowest BCUT2D eigenvalue weighted by Crippen LogP contribution is -2.11. The van der Waals surface area contributed by atoms with Gasteiger partial charge < -0.3 is 15.2 Å². The first-order valence-electron chi connectivity index (χ1n) is 5.84. The molecule has 6 nitrogen and oxygen atoms in total. The minimum atomic E-state index is -0.243. The zero-order valence-electron chi connectivity index (χ0n) is 10.8. The smallest absolute Gasteiger partial charge is 0.316 e. The third kappa shape index (κ3) is 4.29. The molecule has 1 heterocycles. The molecule has 1 atom stereocenters. The van der Waals surface area contributed by atoms with Crippen LogP contribution < -0.4 is 10.5 Å². The Morgan fingerprint density at radius 3 is 2.56 bits per heavy atom. The second-order valence-corrected chi connectivity index (χ2v) is 3.91. The van der Waals surface area contributed by atoms with E-state index in [2.05, 4.69) is 9.97 Å². The van der Waals surface area contributed by atoms with Crippen molar-refractivity contribution >= 4 is 5.97 Å². The highest BCUT2D eigenvalue weighted by Crippen LogP contribution is 2.24. The largest absolute Gasteiger partial charge is 0.469 e. The Balaban J connectivity index is 2.75. The number of carbonyl (C=O) groups is 1. The molecule has 0 spiro atoms. The molecule has 0 radical (unpaired) electrons. The van der Waals surface area contributed by atoms with Crippen molar-refractivity contribution in [3.63, 3.8) is 0 Å². The van der Waals surface area contributed by atoms with Gasteiger partial charge >= 0.3 is 12.0 Å². The number of methoxy groups -OCH3 is 2. The Labute approximate surface area is 107 Å². The number of carbonyl (C=O) groups excluding carboxylic acids is 1. The van der Waals surface area contributed by atoms with Gasteiger partial charge in [-0.3, -0.25) is 4.79 Å². The standard InChI is InChI=1S/C12H19N3O3/c1-17-11(16)6-9(4-3-5-13)10-7-14-12(18-2)15-8-10/h7-9H,3-6,13H2,1-2H3. The van der Waals surface area contributed by atoms with Crippen LogP contribution >= 0.6 is 0 Å². The Bertz CT molecular complexity index is 367. The van der Waals surface area contributed by atoms with Crippen molar-refractivity contribution in [1.82, 2.24) is 9.97 Å². The number of ether oxygens (including phenoxy) is 2. The van der Waals surface area contributed by atoms with E-state index in [1.165, 1.54) is 14.2 Å². The molecule has 0 bridgehead atoms. The number of hydrogen-bond donors (Lipinski definition) is 1. The molecule has 1 aromatic rings. The summed E-state index contributed by atoms with van der Waals surface area (Å²) in [6.45, 7) is 0.592. The molecule has 0 aromatic carbocycles. The van der Waals surface area contributed by atoms with Gasteiger partial charge in [-0.15, -0.1) is 0 Å². The average Bonchev–Trinajstić information content (AvgIpc) is 2.43. The minimum absolute atomic E-state index is 0.0342. The van der Waals surface area contributed by atoms with Gasteiger partial charge in [0.15, 0.2) is 0 Å². The Kier molecular flexibility index (Phi) is 6.07. The number of nitrogens with two attached hydrogens (primary N) is 1. The second-order valence-electron chi connectivity index (χ2n) is 3.91. The van der Waals surface area contributed by atoms with Crippen molar-refractivity contribution in [2.24, 2.45) is 5.73 Å². The van der Waals surface area contributed by atoms with Crippen LogP contribution in [-0.2, 0) is 9.53 Å². The molecule has 6 heteroatoms. The first kappa shape index (κ1) is 14.4. The summed E-state index contributed by atoms with van der Waals surface area (Å²) in [4.78, 5) is 19.4. The highest BCUT2D eigenvalue weighted by Gasteiger charge is 2.17. The predicted octanol–water partition coefficient (Wildman–Crippen LogP) is 0.871. The maximum absolute atomic E-state index is 11.4. The zero-order valence-corrected chi connectivity index (χ0v) is 10.8. The fraction of sp³-hybridized carbons (Fsp3) is 0.583. The third-order valence-electron chi connectivity index (χ3n) is 2.70. The SMILES string of the molecule is COC(=O)CC(CCCN)c1cnc(OC)nc1. The molecule has 1 unspecified atom stereocenters. The summed E-state index contributed by atoms with van der Waals surface area (Å²) < 4.78 is 9.59. The summed E-state index contributed by atoms with van der Waals surface area (Å²) in [5.41, 5.74) is 6.39. The summed E-state index contributed by atoms with van der Waals surface area (Å²) in [6, 6.07) is 0.314. The van der Waals surface area contributed by atoms with E-state index in [4.69, 9.17) is 15.2 Å². The van der Waals surface area contributed by atoms with Crippen LogP contribution in [0, 0.1) is 0 Å². The number of hydrogen-bond acceptors (Lipinski definition) is 6. The van der Waals surface area contributed by atoms with E-state index in [-0.39, 0.29) is 11.9 Å². The second kappa shape index (κ2) is 7.60. The summed E-state index contributed by atoms with van der Waals surface area (Å²) in [6.07, 6.45) is 5.31. The van der Waals surface area contributed by atoms with Gasteiger partial charge in [0.2, 0.25) is 0 Å². The van der Waals surface area contributed by atoms with E-state index in [1.807, 2.05) is 0 Å². The van der Waals surface area contributed by atoms with Crippen molar-refractivity contribution in [3.8, 4) is 6.01 Å². The molecule has 0 fully saturated rings. The van der Waals surface area contributed by atoms with E-state index in [0.717, 1.165) is 18.4 Å². The Morgan fingerprint density at radius 2 is 2.06 bits per heavy atom. The van der Waals surface area contributed by atoms with E-state index < -0.39 is 0 Å². The van der Waals surface area contributed by atoms with Crippen molar-refractivity contribution in [2.45, 2.75) is 25.2 Å². The Hall–Kier alpha value is -1.69. The Morgan fingerprint density at radius 1 is 1.39 bits per heavy atom. The lowest BCUT2D eigenvalue weighted by atomic mass is 9.93. The lowest BCUT2D eigenvalue weighted by molar-refractivity contribution is -0.141. The highest BCUT2D eigenvalue weighted by atomic mass is 16.5. The summed E-state index contributed by atoms with van der Waals surface area (Å²) in [5, 5.41) is 0. The normalized spacial score (nSPS) is 11.9. The van der Waals surface area contributed by atoms with Gasteiger partial charge in [0.1, 0.15) is 0 Å². The molecule has 0 aliphatic heterocycles. The number of nitrogens with zero attached hydrogens (tertiary/aromatic N) is 2. The molecule has 18 heavy (non-hydrogen) atoms. The average molecular weight is 253 g/mol. The summed E-state index contributed by atoms with van der Waals surface area (Å²) in [5.74, 6) is -0.209. The molecular weight excluding hydrogens is 234 g/mol. The summed E-state index contributed by atoms with van der Waals surface area (Å²) in [7, 11) is 2.89. The molecule has 0 aliphatic rings. The topological polar surface area (TPSA) is 87.3 Å². The van der Waals surface area contributed by atoms with Crippen LogP contribution in [0.2, 0.25) is 0 Å². The van der Waals surface area contributed by atoms with Gasteiger partial charge in [-0.2, -0.15) is 0 Å². The molecule has 0 amide bonds. The van der Waals surface area contributed by atoms with E-state index in [0.29, 0.717) is 19.0 Å². The van der Waals surface area contributed by atoms with Gasteiger partial charge in [0, 0.05) is 12.4 Å². The van der Waals surface area contributed by atoms with Crippen LogP contribution in [-0.4, -0.2) is 36.7 Å². The molecular formula is C12H19N3O3. The third-order valence-corrected chi connectivity index (χ3v) is 2.70. The van der Waals surface area contributed by atoms with Crippen LogP contribution in [0.4, 0.5) is 0 Å². The van der Waals surface area contributed by atoms with Gasteiger partial charge in [-0.25, -0.2) is 9.97 Å². The maximum Gasteiger partial charge on any atom is 0.316 e. The highest BCUT2D eigenvalue weighted by molar-refractivity contribution is 5.70. The molecule has 2 N–H and O–H groups in total. The summed E-state index contributed by atoms with van der Waals surface area (Å²) >= 11 is 0. The van der Waals surface area contributed by atoms with Gasteiger partial charge in [0.25, 0.3) is 0 Å². The molecule has 0 saturated heterocycles. The van der Waals surface area contributed by atoms with Crippen molar-refractivity contribution in [1.29, 1.82) is 0 Å². The fourth-order valence-electron chi connectivity index (χ4n) is 1.68. The van der Waals surface area contributed by atoms with E-state index in [9.17, 15) is 4.79 Å². The van der Waals surface area contributed by atoms with E-state index >= 15 is 0 Å². The molecule has 1 rings (SSSR count). The quantitative estimate of drug-likeness (QED) is 0.725. The van der Waals surface area contributed by atoms with Crippen molar-refractivity contribution < 1.29 is 14.3 Å². The van der Waals surface area contributed by atoms with Gasteiger partial charge in [-0.1, -0.05) is 0 Å². The van der Waals surface area contributed by atoms with Crippen molar-refractivity contribution in [3.05, 3.63) is 18.0 Å². The van der Waals surface area contributed by atoms with Gasteiger partial charge in [0.05, 0.1) is 20.6 Å². The maximum atomic E-state index is 11.4. The monoisotopic (exact) mass is 253 g/mol. The molecule has 1 aromatic heterocycles. The molecule has 100 valence electrons.